The summed E-state index contributed by atoms with van der Waals surface area (Å²) in [6, 6.07) is 5.74. The molecule has 4 nitrogen and oxygen atoms in total. The largest absolute Gasteiger partial charge is 0.399 e. The molecule has 1 saturated heterocycles. The molecule has 0 bridgehead atoms. The van der Waals surface area contributed by atoms with Gasteiger partial charge < -0.3 is 11.1 Å². The van der Waals surface area contributed by atoms with Crippen molar-refractivity contribution >= 4 is 17.4 Å². The normalized spacial score (nSPS) is 16.2. The van der Waals surface area contributed by atoms with Crippen molar-refractivity contribution in [1.29, 1.82) is 0 Å². The molecule has 3 N–H and O–H groups in total. The van der Waals surface area contributed by atoms with Crippen LogP contribution in [-0.2, 0) is 0 Å². The molecule has 0 aromatic heterocycles. The quantitative estimate of drug-likeness (QED) is 0.770. The van der Waals surface area contributed by atoms with Gasteiger partial charge in [-0.15, -0.1) is 0 Å². The van der Waals surface area contributed by atoms with Crippen LogP contribution in [0.5, 0.6) is 0 Å². The Morgan fingerprint density at radius 1 is 1.41 bits per heavy atom. The second-order valence-electron chi connectivity index (χ2n) is 4.71. The molecule has 1 aromatic rings. The lowest BCUT2D eigenvalue weighted by Crippen LogP contribution is -2.46. The molecule has 1 aliphatic heterocycles. The molecule has 2 rings (SSSR count). The molecule has 0 atom stereocenters. The molecule has 1 heterocycles. The predicted octanol–water partition coefficient (Wildman–Crippen LogP) is 2.31. The lowest BCUT2D eigenvalue weighted by Gasteiger charge is -2.30. The fraction of sp³-hybridized carbons (Fsp3) is 0.462. The minimum atomic E-state index is -0.0112. The van der Waals surface area contributed by atoms with Crippen LogP contribution in [0.4, 0.5) is 16.2 Å². The molecule has 4 heteroatoms. The molecular formula is C13H19N3O. The number of urea groups is 1. The Morgan fingerprint density at radius 3 is 2.82 bits per heavy atom. The number of anilines is 2. The van der Waals surface area contributed by atoms with Crippen LogP contribution >= 0.6 is 0 Å². The van der Waals surface area contributed by atoms with Crippen LogP contribution in [0.15, 0.2) is 18.2 Å². The number of carbonyl (C=O) groups is 1. The molecule has 0 saturated carbocycles. The Morgan fingerprint density at radius 2 is 2.18 bits per heavy atom. The van der Waals surface area contributed by atoms with Gasteiger partial charge in [-0.25, -0.2) is 4.79 Å². The van der Waals surface area contributed by atoms with Gasteiger partial charge in [0.2, 0.25) is 0 Å². The van der Waals surface area contributed by atoms with E-state index in [1.54, 1.807) is 4.90 Å². The van der Waals surface area contributed by atoms with Gasteiger partial charge in [-0.1, -0.05) is 13.8 Å². The summed E-state index contributed by atoms with van der Waals surface area (Å²) in [4.78, 5) is 13.6. The Balaban J connectivity index is 2.39. The summed E-state index contributed by atoms with van der Waals surface area (Å²) in [5.41, 5.74) is 8.66. The second-order valence-corrected chi connectivity index (χ2v) is 4.71. The van der Waals surface area contributed by atoms with E-state index in [1.807, 2.05) is 18.2 Å². The summed E-state index contributed by atoms with van der Waals surface area (Å²) in [6.45, 7) is 5.76. The highest BCUT2D eigenvalue weighted by Gasteiger charge is 2.22. The topological polar surface area (TPSA) is 58.4 Å². The van der Waals surface area contributed by atoms with Crippen molar-refractivity contribution in [2.45, 2.75) is 26.2 Å². The van der Waals surface area contributed by atoms with E-state index in [4.69, 9.17) is 5.73 Å². The third-order valence-electron chi connectivity index (χ3n) is 3.04. The fourth-order valence-electron chi connectivity index (χ4n) is 2.14. The number of carbonyl (C=O) groups excluding carboxylic acids is 1. The van der Waals surface area contributed by atoms with Crippen molar-refractivity contribution in [3.8, 4) is 0 Å². The third kappa shape index (κ3) is 2.35. The molecular weight excluding hydrogens is 214 g/mol. The van der Waals surface area contributed by atoms with Crippen LogP contribution in [0.3, 0.4) is 0 Å². The molecule has 1 fully saturated rings. The first-order valence-corrected chi connectivity index (χ1v) is 6.04. The van der Waals surface area contributed by atoms with E-state index in [9.17, 15) is 4.79 Å². The van der Waals surface area contributed by atoms with Gasteiger partial charge in [0.25, 0.3) is 0 Å². The summed E-state index contributed by atoms with van der Waals surface area (Å²) < 4.78 is 0. The van der Waals surface area contributed by atoms with Crippen LogP contribution < -0.4 is 16.0 Å². The highest BCUT2D eigenvalue weighted by atomic mass is 16.2. The first kappa shape index (κ1) is 11.8. The molecule has 1 aliphatic rings. The first-order valence-electron chi connectivity index (χ1n) is 6.04. The summed E-state index contributed by atoms with van der Waals surface area (Å²) in [7, 11) is 0. The van der Waals surface area contributed by atoms with Crippen molar-refractivity contribution in [1.82, 2.24) is 5.32 Å². The number of nitrogens with zero attached hydrogens (tertiary/aromatic N) is 1. The van der Waals surface area contributed by atoms with Gasteiger partial charge >= 0.3 is 6.03 Å². The molecule has 0 unspecified atom stereocenters. The number of nitrogens with one attached hydrogen (secondary N) is 1. The zero-order valence-electron chi connectivity index (χ0n) is 10.4. The Kier molecular flexibility index (Phi) is 3.22. The van der Waals surface area contributed by atoms with Crippen molar-refractivity contribution in [2.75, 3.05) is 23.7 Å². The summed E-state index contributed by atoms with van der Waals surface area (Å²) >= 11 is 0. The number of rotatable bonds is 2. The fourth-order valence-corrected chi connectivity index (χ4v) is 2.14. The number of hydrogen-bond donors (Lipinski definition) is 2. The van der Waals surface area contributed by atoms with Gasteiger partial charge in [0, 0.05) is 24.5 Å². The highest BCUT2D eigenvalue weighted by molar-refractivity contribution is 5.93. The molecule has 0 spiro atoms. The van der Waals surface area contributed by atoms with Crippen LogP contribution in [-0.4, -0.2) is 19.1 Å². The van der Waals surface area contributed by atoms with E-state index in [-0.39, 0.29) is 6.03 Å². The molecule has 92 valence electrons. The predicted molar refractivity (Wildman–Crippen MR) is 70.3 cm³/mol. The minimum Gasteiger partial charge on any atom is -0.399 e. The van der Waals surface area contributed by atoms with E-state index >= 15 is 0 Å². The summed E-state index contributed by atoms with van der Waals surface area (Å²) in [5.74, 6) is 0.350. The number of nitrogens with two attached hydrogens (primary N) is 1. The van der Waals surface area contributed by atoms with Crippen LogP contribution in [0.25, 0.3) is 0 Å². The number of nitrogen functional groups attached to an aromatic ring is 1. The lowest BCUT2D eigenvalue weighted by atomic mass is 9.99. The van der Waals surface area contributed by atoms with Gasteiger partial charge in [-0.3, -0.25) is 4.90 Å². The van der Waals surface area contributed by atoms with Gasteiger partial charge in [0.05, 0.1) is 0 Å². The zero-order chi connectivity index (χ0) is 12.4. The van der Waals surface area contributed by atoms with Gasteiger partial charge in [-0.2, -0.15) is 0 Å². The SMILES string of the molecule is CC(C)c1cc(N)ccc1N1CCCNC1=O. The van der Waals surface area contributed by atoms with Crippen molar-refractivity contribution in [2.24, 2.45) is 0 Å². The monoisotopic (exact) mass is 233 g/mol. The van der Waals surface area contributed by atoms with Crippen molar-refractivity contribution < 1.29 is 4.79 Å². The van der Waals surface area contributed by atoms with E-state index < -0.39 is 0 Å². The summed E-state index contributed by atoms with van der Waals surface area (Å²) in [6.07, 6.45) is 0.980. The van der Waals surface area contributed by atoms with Crippen LogP contribution in [0.1, 0.15) is 31.7 Å². The minimum absolute atomic E-state index is 0.0112. The molecule has 0 radical (unpaired) electrons. The van der Waals surface area contributed by atoms with Crippen LogP contribution in [0, 0.1) is 0 Å². The van der Waals surface area contributed by atoms with Crippen LogP contribution in [0.2, 0.25) is 0 Å². The smallest absolute Gasteiger partial charge is 0.321 e. The summed E-state index contributed by atoms with van der Waals surface area (Å²) in [5, 5.41) is 2.87. The number of amides is 2. The number of benzene rings is 1. The maximum Gasteiger partial charge on any atom is 0.321 e. The van der Waals surface area contributed by atoms with Gasteiger partial charge in [0.15, 0.2) is 0 Å². The number of hydrogen-bond acceptors (Lipinski definition) is 2. The first-order chi connectivity index (χ1) is 8.09. The average Bonchev–Trinajstić information content (AvgIpc) is 2.30. The molecule has 0 aliphatic carbocycles. The van der Waals surface area contributed by atoms with E-state index in [2.05, 4.69) is 19.2 Å². The van der Waals surface area contributed by atoms with E-state index in [0.29, 0.717) is 5.92 Å². The maximum absolute atomic E-state index is 11.8. The Hall–Kier alpha value is -1.71. The van der Waals surface area contributed by atoms with Crippen molar-refractivity contribution in [3.05, 3.63) is 23.8 Å². The van der Waals surface area contributed by atoms with Crippen molar-refractivity contribution in [3.63, 3.8) is 0 Å². The molecule has 17 heavy (non-hydrogen) atoms. The Bertz CT molecular complexity index is 429. The van der Waals surface area contributed by atoms with E-state index in [1.165, 1.54) is 0 Å². The lowest BCUT2D eigenvalue weighted by molar-refractivity contribution is 0.243. The zero-order valence-corrected chi connectivity index (χ0v) is 10.4. The molecule has 1 aromatic carbocycles. The highest BCUT2D eigenvalue weighted by Crippen LogP contribution is 2.30. The molecule has 2 amide bonds. The second kappa shape index (κ2) is 4.65. The maximum atomic E-state index is 11.8. The Labute approximate surface area is 102 Å². The standard InChI is InChI=1S/C13H19N3O/c1-9(2)11-8-10(14)4-5-12(11)16-7-3-6-15-13(16)17/h4-5,8-9H,3,6-7,14H2,1-2H3,(H,15,17). The average molecular weight is 233 g/mol. The van der Waals surface area contributed by atoms with Gasteiger partial charge in [0.1, 0.15) is 0 Å². The van der Waals surface area contributed by atoms with Gasteiger partial charge in [-0.05, 0) is 36.1 Å². The third-order valence-corrected chi connectivity index (χ3v) is 3.04. The van der Waals surface area contributed by atoms with E-state index in [0.717, 1.165) is 36.4 Å².